The molecule has 1 aromatic carbocycles. The molecule has 0 bridgehead atoms. The van der Waals surface area contributed by atoms with Crippen molar-refractivity contribution in [1.82, 2.24) is 15.5 Å². The van der Waals surface area contributed by atoms with Crippen molar-refractivity contribution in [3.63, 3.8) is 0 Å². The maximum Gasteiger partial charge on any atom is 0.277 e. The van der Waals surface area contributed by atoms with Crippen LogP contribution < -0.4 is 5.32 Å². The zero-order valence-electron chi connectivity index (χ0n) is 14.3. The number of thioether (sulfide) groups is 1. The van der Waals surface area contributed by atoms with Gasteiger partial charge >= 0.3 is 0 Å². The first-order chi connectivity index (χ1) is 12.5. The van der Waals surface area contributed by atoms with Crippen LogP contribution in [0.15, 0.2) is 51.4 Å². The largest absolute Gasteiger partial charge is 0.416 e. The highest BCUT2D eigenvalue weighted by molar-refractivity contribution is 7.99. The number of carbonyl (C=O) groups excluding carboxylic acids is 1. The standard InChI is InChI=1S/C18H18FN3O2S2/c1-11(2)17-21-22-18(24-17)26-10-15(23)20-16(14-4-3-9-25-14)12-5-7-13(19)8-6-12/h3-9,11,16H,10H2,1-2H3,(H,20,23)/t16-/m1/s1. The summed E-state index contributed by atoms with van der Waals surface area (Å²) in [5.74, 6) is 0.381. The molecule has 5 nitrogen and oxygen atoms in total. The normalized spacial score (nSPS) is 12.3. The first kappa shape index (κ1) is 18.6. The lowest BCUT2D eigenvalue weighted by Gasteiger charge is -2.18. The number of rotatable bonds is 7. The molecule has 0 unspecified atom stereocenters. The quantitative estimate of drug-likeness (QED) is 0.605. The van der Waals surface area contributed by atoms with Gasteiger partial charge in [-0.25, -0.2) is 4.39 Å². The third kappa shape index (κ3) is 4.70. The third-order valence-electron chi connectivity index (χ3n) is 3.58. The number of aromatic nitrogens is 2. The molecule has 2 aromatic heterocycles. The topological polar surface area (TPSA) is 68.0 Å². The van der Waals surface area contributed by atoms with E-state index in [1.807, 2.05) is 31.4 Å². The van der Waals surface area contributed by atoms with E-state index in [2.05, 4.69) is 15.5 Å². The second kappa shape index (κ2) is 8.46. The molecular formula is C18H18FN3O2S2. The van der Waals surface area contributed by atoms with E-state index in [0.29, 0.717) is 11.1 Å². The maximum absolute atomic E-state index is 13.2. The van der Waals surface area contributed by atoms with Crippen LogP contribution in [0.25, 0.3) is 0 Å². The van der Waals surface area contributed by atoms with Crippen molar-refractivity contribution in [2.75, 3.05) is 5.75 Å². The highest BCUT2D eigenvalue weighted by atomic mass is 32.2. The molecule has 8 heteroatoms. The number of thiophene rings is 1. The van der Waals surface area contributed by atoms with Gasteiger partial charge in [0, 0.05) is 10.8 Å². The average Bonchev–Trinajstić information content (AvgIpc) is 3.30. The van der Waals surface area contributed by atoms with Crippen molar-refractivity contribution in [2.24, 2.45) is 0 Å². The van der Waals surface area contributed by atoms with Crippen molar-refractivity contribution in [3.05, 3.63) is 63.9 Å². The summed E-state index contributed by atoms with van der Waals surface area (Å²) >= 11 is 2.73. The van der Waals surface area contributed by atoms with Crippen molar-refractivity contribution >= 4 is 29.0 Å². The molecule has 1 amide bonds. The summed E-state index contributed by atoms with van der Waals surface area (Å²) in [6.07, 6.45) is 0. The van der Waals surface area contributed by atoms with Gasteiger partial charge in [0.05, 0.1) is 11.8 Å². The number of amides is 1. The number of hydrogen-bond acceptors (Lipinski definition) is 6. The van der Waals surface area contributed by atoms with Crippen LogP contribution in [0.3, 0.4) is 0 Å². The van der Waals surface area contributed by atoms with Gasteiger partial charge in [0.25, 0.3) is 5.22 Å². The van der Waals surface area contributed by atoms with E-state index in [1.165, 1.54) is 35.2 Å². The summed E-state index contributed by atoms with van der Waals surface area (Å²) in [5, 5.41) is 13.2. The first-order valence-corrected chi connectivity index (χ1v) is 9.94. The SMILES string of the molecule is CC(C)c1nnc(SCC(=O)N[C@H](c2ccc(F)cc2)c2cccs2)o1. The minimum absolute atomic E-state index is 0.146. The molecule has 26 heavy (non-hydrogen) atoms. The van der Waals surface area contributed by atoms with Crippen molar-refractivity contribution in [3.8, 4) is 0 Å². The van der Waals surface area contributed by atoms with E-state index < -0.39 is 0 Å². The van der Waals surface area contributed by atoms with Crippen LogP contribution in [0.2, 0.25) is 0 Å². The Labute approximate surface area is 159 Å². The lowest BCUT2D eigenvalue weighted by atomic mass is 10.1. The van der Waals surface area contributed by atoms with E-state index in [1.54, 1.807) is 12.1 Å². The number of nitrogens with zero attached hydrogens (tertiary/aromatic N) is 2. The van der Waals surface area contributed by atoms with E-state index in [9.17, 15) is 9.18 Å². The molecule has 0 saturated heterocycles. The molecule has 2 heterocycles. The molecule has 136 valence electrons. The Kier molecular flexibility index (Phi) is 6.05. The second-order valence-electron chi connectivity index (χ2n) is 5.92. The lowest BCUT2D eigenvalue weighted by molar-refractivity contribution is -0.119. The summed E-state index contributed by atoms with van der Waals surface area (Å²) in [4.78, 5) is 13.4. The van der Waals surface area contributed by atoms with Gasteiger partial charge in [-0.2, -0.15) is 0 Å². The Morgan fingerprint density at radius 3 is 2.65 bits per heavy atom. The Morgan fingerprint density at radius 2 is 2.04 bits per heavy atom. The number of benzene rings is 1. The third-order valence-corrected chi connectivity index (χ3v) is 5.33. The lowest BCUT2D eigenvalue weighted by Crippen LogP contribution is -2.30. The van der Waals surface area contributed by atoms with Crippen LogP contribution in [-0.4, -0.2) is 21.9 Å². The maximum atomic E-state index is 13.2. The van der Waals surface area contributed by atoms with E-state index in [0.717, 1.165) is 10.4 Å². The van der Waals surface area contributed by atoms with Crippen molar-refractivity contribution < 1.29 is 13.6 Å². The van der Waals surface area contributed by atoms with Crippen LogP contribution in [0.4, 0.5) is 4.39 Å². The fraction of sp³-hybridized carbons (Fsp3) is 0.278. The van der Waals surface area contributed by atoms with Gasteiger partial charge in [-0.1, -0.05) is 43.8 Å². The highest BCUT2D eigenvalue weighted by Crippen LogP contribution is 2.27. The molecule has 0 aliphatic rings. The highest BCUT2D eigenvalue weighted by Gasteiger charge is 2.19. The van der Waals surface area contributed by atoms with Crippen LogP contribution >= 0.6 is 23.1 Å². The fourth-order valence-electron chi connectivity index (χ4n) is 2.27. The molecule has 0 spiro atoms. The van der Waals surface area contributed by atoms with Gasteiger partial charge in [0.15, 0.2) is 0 Å². The van der Waals surface area contributed by atoms with Gasteiger partial charge < -0.3 is 9.73 Å². The van der Waals surface area contributed by atoms with Crippen LogP contribution in [0, 0.1) is 5.82 Å². The second-order valence-corrected chi connectivity index (χ2v) is 7.82. The van der Waals surface area contributed by atoms with Gasteiger partial charge in [0.2, 0.25) is 11.8 Å². The summed E-state index contributed by atoms with van der Waals surface area (Å²) in [5.41, 5.74) is 0.826. The van der Waals surface area contributed by atoms with E-state index in [4.69, 9.17) is 4.42 Å². The number of hydrogen-bond donors (Lipinski definition) is 1. The Morgan fingerprint density at radius 1 is 1.27 bits per heavy atom. The Bertz CT molecular complexity index is 848. The van der Waals surface area contributed by atoms with Crippen LogP contribution in [0.1, 0.15) is 42.1 Å². The van der Waals surface area contributed by atoms with Crippen molar-refractivity contribution in [1.29, 1.82) is 0 Å². The predicted molar refractivity (Wildman–Crippen MR) is 99.8 cm³/mol. The number of nitrogens with one attached hydrogen (secondary N) is 1. The van der Waals surface area contributed by atoms with Gasteiger partial charge in [-0.3, -0.25) is 4.79 Å². The minimum Gasteiger partial charge on any atom is -0.416 e. The van der Waals surface area contributed by atoms with Crippen molar-refractivity contribution in [2.45, 2.75) is 31.0 Å². The molecule has 1 atom stereocenters. The average molecular weight is 391 g/mol. The Balaban J connectivity index is 1.66. The minimum atomic E-state index is -0.322. The van der Waals surface area contributed by atoms with E-state index >= 15 is 0 Å². The zero-order valence-corrected chi connectivity index (χ0v) is 15.9. The molecule has 0 aliphatic carbocycles. The zero-order chi connectivity index (χ0) is 18.5. The van der Waals surface area contributed by atoms with E-state index in [-0.39, 0.29) is 29.4 Å². The van der Waals surface area contributed by atoms with Gasteiger partial charge in [-0.05, 0) is 29.1 Å². The summed E-state index contributed by atoms with van der Waals surface area (Å²) in [6.45, 7) is 3.92. The molecule has 0 saturated carbocycles. The monoisotopic (exact) mass is 391 g/mol. The molecule has 0 radical (unpaired) electrons. The summed E-state index contributed by atoms with van der Waals surface area (Å²) in [7, 11) is 0. The Hall–Kier alpha value is -2.19. The molecule has 0 fully saturated rings. The van der Waals surface area contributed by atoms with Crippen LogP contribution in [0.5, 0.6) is 0 Å². The predicted octanol–water partition coefficient (Wildman–Crippen LogP) is 4.39. The number of halogens is 1. The summed E-state index contributed by atoms with van der Waals surface area (Å²) in [6, 6.07) is 9.69. The smallest absolute Gasteiger partial charge is 0.277 e. The number of carbonyl (C=O) groups is 1. The van der Waals surface area contributed by atoms with Gasteiger partial charge in [0.1, 0.15) is 5.82 Å². The van der Waals surface area contributed by atoms with Crippen LogP contribution in [-0.2, 0) is 4.79 Å². The molecular weight excluding hydrogens is 373 g/mol. The first-order valence-electron chi connectivity index (χ1n) is 8.07. The summed E-state index contributed by atoms with van der Waals surface area (Å²) < 4.78 is 18.7. The molecule has 1 N–H and O–H groups in total. The molecule has 0 aliphatic heterocycles. The fourth-order valence-corrected chi connectivity index (χ4v) is 3.65. The molecule has 3 aromatic rings. The molecule has 3 rings (SSSR count). The van der Waals surface area contributed by atoms with Gasteiger partial charge in [-0.15, -0.1) is 21.5 Å².